The first-order valence-electron chi connectivity index (χ1n) is 8.23. The highest BCUT2D eigenvalue weighted by atomic mass is 32.2. The molecule has 1 saturated heterocycles. The Labute approximate surface area is 151 Å². The first-order chi connectivity index (χ1) is 12.3. The topological polar surface area (TPSA) is 107 Å². The third kappa shape index (κ3) is 3.51. The van der Waals surface area contributed by atoms with Gasteiger partial charge in [0, 0.05) is 13.1 Å². The molecule has 1 fully saturated rings. The summed E-state index contributed by atoms with van der Waals surface area (Å²) in [6.07, 6.45) is 1.63. The Morgan fingerprint density at radius 1 is 1.04 bits per heavy atom. The van der Waals surface area contributed by atoms with Crippen LogP contribution in [0.2, 0.25) is 0 Å². The van der Waals surface area contributed by atoms with Crippen LogP contribution < -0.4 is 5.32 Å². The highest BCUT2D eigenvalue weighted by Crippen LogP contribution is 2.30. The van der Waals surface area contributed by atoms with E-state index in [9.17, 15) is 23.4 Å². The fourth-order valence-corrected chi connectivity index (χ4v) is 4.42. The highest BCUT2D eigenvalue weighted by Gasteiger charge is 2.28. The van der Waals surface area contributed by atoms with Gasteiger partial charge in [-0.3, -0.25) is 4.79 Å². The zero-order chi connectivity index (χ0) is 18.9. The summed E-state index contributed by atoms with van der Waals surface area (Å²) in [6.45, 7) is 2.70. The molecular weight excluding hydrogens is 356 g/mol. The van der Waals surface area contributed by atoms with Gasteiger partial charge in [0.1, 0.15) is 11.5 Å². The number of aromatic hydroxyl groups is 2. The summed E-state index contributed by atoms with van der Waals surface area (Å²) in [5, 5.41) is 22.4. The van der Waals surface area contributed by atoms with Crippen LogP contribution in [0.5, 0.6) is 11.5 Å². The minimum atomic E-state index is -3.67. The van der Waals surface area contributed by atoms with Crippen LogP contribution in [0.1, 0.15) is 28.8 Å². The quantitative estimate of drug-likeness (QED) is 0.711. The Kier molecular flexibility index (Phi) is 4.88. The Hall–Kier alpha value is -2.58. The van der Waals surface area contributed by atoms with E-state index in [0.717, 1.165) is 18.4 Å². The van der Waals surface area contributed by atoms with Gasteiger partial charge < -0.3 is 15.5 Å². The molecule has 2 aromatic carbocycles. The summed E-state index contributed by atoms with van der Waals surface area (Å²) < 4.78 is 26.7. The highest BCUT2D eigenvalue weighted by molar-refractivity contribution is 7.89. The van der Waals surface area contributed by atoms with E-state index in [2.05, 4.69) is 5.32 Å². The maximum atomic E-state index is 12.6. The predicted molar refractivity (Wildman–Crippen MR) is 96.9 cm³/mol. The largest absolute Gasteiger partial charge is 0.507 e. The lowest BCUT2D eigenvalue weighted by atomic mass is 10.1. The fraction of sp³-hybridized carbons (Fsp3) is 0.278. The van der Waals surface area contributed by atoms with Gasteiger partial charge in [0.15, 0.2) is 0 Å². The van der Waals surface area contributed by atoms with Crippen molar-refractivity contribution in [3.05, 3.63) is 47.5 Å². The average molecular weight is 376 g/mol. The molecule has 7 nitrogen and oxygen atoms in total. The fourth-order valence-electron chi connectivity index (χ4n) is 2.88. The molecule has 1 aliphatic heterocycles. The van der Waals surface area contributed by atoms with Gasteiger partial charge in [0.05, 0.1) is 16.1 Å². The van der Waals surface area contributed by atoms with E-state index in [1.807, 2.05) is 0 Å². The number of amides is 1. The number of aryl methyl sites for hydroxylation is 1. The maximum absolute atomic E-state index is 12.6. The van der Waals surface area contributed by atoms with E-state index in [4.69, 9.17) is 0 Å². The number of hydrogen-bond donors (Lipinski definition) is 3. The average Bonchev–Trinajstić information content (AvgIpc) is 3.12. The number of hydrogen-bond acceptors (Lipinski definition) is 5. The van der Waals surface area contributed by atoms with Crippen molar-refractivity contribution in [2.24, 2.45) is 0 Å². The molecule has 0 aromatic heterocycles. The first kappa shape index (κ1) is 18.2. The molecule has 0 radical (unpaired) electrons. The molecule has 0 unspecified atom stereocenters. The van der Waals surface area contributed by atoms with Crippen LogP contribution in [-0.4, -0.2) is 41.9 Å². The van der Waals surface area contributed by atoms with E-state index < -0.39 is 15.9 Å². The molecule has 0 atom stereocenters. The van der Waals surface area contributed by atoms with Crippen LogP contribution in [0.15, 0.2) is 41.3 Å². The van der Waals surface area contributed by atoms with E-state index >= 15 is 0 Å². The Morgan fingerprint density at radius 2 is 1.73 bits per heavy atom. The maximum Gasteiger partial charge on any atom is 0.259 e. The Balaban J connectivity index is 1.89. The van der Waals surface area contributed by atoms with Crippen molar-refractivity contribution in [3.63, 3.8) is 0 Å². The molecule has 1 amide bonds. The van der Waals surface area contributed by atoms with Crippen molar-refractivity contribution in [2.45, 2.75) is 24.7 Å². The molecule has 3 rings (SSSR count). The van der Waals surface area contributed by atoms with Crippen LogP contribution in [-0.2, 0) is 10.0 Å². The van der Waals surface area contributed by atoms with Crippen LogP contribution in [0.3, 0.4) is 0 Å². The van der Waals surface area contributed by atoms with Gasteiger partial charge in [-0.2, -0.15) is 4.31 Å². The van der Waals surface area contributed by atoms with Crippen molar-refractivity contribution in [3.8, 4) is 11.5 Å². The number of carbonyl (C=O) groups is 1. The molecule has 8 heteroatoms. The molecule has 1 heterocycles. The number of sulfonamides is 1. The number of benzene rings is 2. The van der Waals surface area contributed by atoms with Crippen LogP contribution in [0, 0.1) is 6.92 Å². The van der Waals surface area contributed by atoms with Gasteiger partial charge >= 0.3 is 0 Å². The van der Waals surface area contributed by atoms with E-state index in [1.54, 1.807) is 13.0 Å². The number of rotatable bonds is 4. The van der Waals surface area contributed by atoms with Crippen LogP contribution in [0.25, 0.3) is 0 Å². The van der Waals surface area contributed by atoms with E-state index in [-0.39, 0.29) is 27.6 Å². The standard InChI is InChI=1S/C18H20N2O5S/c1-12-4-6-14(17(22)10-12)18(23)19-15-11-13(5-7-16(15)21)26(24,25)20-8-2-3-9-20/h4-7,10-11,21-22H,2-3,8-9H2,1H3,(H,19,23). The van der Waals surface area contributed by atoms with Gasteiger partial charge in [0.2, 0.25) is 10.0 Å². The summed E-state index contributed by atoms with van der Waals surface area (Å²) in [6, 6.07) is 8.34. The number of carbonyl (C=O) groups excluding carboxylic acids is 1. The second-order valence-electron chi connectivity index (χ2n) is 6.26. The van der Waals surface area contributed by atoms with Crippen molar-refractivity contribution in [1.82, 2.24) is 4.31 Å². The molecule has 0 spiro atoms. The molecule has 1 aliphatic rings. The number of nitrogens with zero attached hydrogens (tertiary/aromatic N) is 1. The number of anilines is 1. The summed E-state index contributed by atoms with van der Waals surface area (Å²) in [7, 11) is -3.67. The molecule has 3 N–H and O–H groups in total. The third-order valence-corrected chi connectivity index (χ3v) is 6.21. The normalized spacial score (nSPS) is 15.1. The predicted octanol–water partition coefficient (Wildman–Crippen LogP) is 2.44. The van der Waals surface area contributed by atoms with Gasteiger partial charge in [-0.05, 0) is 55.7 Å². The lowest BCUT2D eigenvalue weighted by Gasteiger charge is -2.17. The zero-order valence-electron chi connectivity index (χ0n) is 14.3. The summed E-state index contributed by atoms with van der Waals surface area (Å²) in [5.41, 5.74) is 0.790. The van der Waals surface area contributed by atoms with Gasteiger partial charge in [-0.25, -0.2) is 8.42 Å². The minimum absolute atomic E-state index is 0.000582. The molecule has 0 saturated carbocycles. The monoisotopic (exact) mass is 376 g/mol. The molecule has 26 heavy (non-hydrogen) atoms. The van der Waals surface area contributed by atoms with Gasteiger partial charge in [-0.15, -0.1) is 0 Å². The number of phenols is 2. The summed E-state index contributed by atoms with van der Waals surface area (Å²) >= 11 is 0. The second kappa shape index (κ2) is 6.97. The number of phenolic OH excluding ortho intramolecular Hbond substituents is 2. The first-order valence-corrected chi connectivity index (χ1v) is 9.67. The van der Waals surface area contributed by atoms with Gasteiger partial charge in [-0.1, -0.05) is 6.07 Å². The summed E-state index contributed by atoms with van der Waals surface area (Å²) in [5.74, 6) is -1.10. The molecule has 138 valence electrons. The molecule has 2 aromatic rings. The van der Waals surface area contributed by atoms with Crippen molar-refractivity contribution < 1.29 is 23.4 Å². The summed E-state index contributed by atoms with van der Waals surface area (Å²) in [4.78, 5) is 12.4. The van der Waals surface area contributed by atoms with Crippen LogP contribution in [0.4, 0.5) is 5.69 Å². The lowest BCUT2D eigenvalue weighted by Crippen LogP contribution is -2.28. The number of nitrogens with one attached hydrogen (secondary N) is 1. The second-order valence-corrected chi connectivity index (χ2v) is 8.20. The third-order valence-electron chi connectivity index (χ3n) is 4.32. The zero-order valence-corrected chi connectivity index (χ0v) is 15.1. The minimum Gasteiger partial charge on any atom is -0.507 e. The van der Waals surface area contributed by atoms with Gasteiger partial charge in [0.25, 0.3) is 5.91 Å². The lowest BCUT2D eigenvalue weighted by molar-refractivity contribution is 0.102. The Morgan fingerprint density at radius 3 is 2.38 bits per heavy atom. The SMILES string of the molecule is Cc1ccc(C(=O)Nc2cc(S(=O)(=O)N3CCCC3)ccc2O)c(O)c1. The molecule has 0 aliphatic carbocycles. The van der Waals surface area contributed by atoms with E-state index in [0.29, 0.717) is 13.1 Å². The molecular formula is C18H20N2O5S. The van der Waals surface area contributed by atoms with Crippen molar-refractivity contribution in [1.29, 1.82) is 0 Å². The van der Waals surface area contributed by atoms with Crippen molar-refractivity contribution in [2.75, 3.05) is 18.4 Å². The molecule has 0 bridgehead atoms. The van der Waals surface area contributed by atoms with E-state index in [1.165, 1.54) is 34.6 Å². The van der Waals surface area contributed by atoms with Crippen molar-refractivity contribution >= 4 is 21.6 Å². The smallest absolute Gasteiger partial charge is 0.259 e. The Bertz CT molecular complexity index is 950. The van der Waals surface area contributed by atoms with Crippen LogP contribution >= 0.6 is 0 Å².